The van der Waals surface area contributed by atoms with E-state index in [2.05, 4.69) is 5.10 Å². The largest absolute Gasteiger partial charge is 0.390 e. The van der Waals surface area contributed by atoms with E-state index in [-0.39, 0.29) is 12.5 Å². The van der Waals surface area contributed by atoms with Crippen LogP contribution in [0, 0.1) is 6.92 Å². The molecule has 7 heteroatoms. The van der Waals surface area contributed by atoms with Gasteiger partial charge >= 0.3 is 0 Å². The molecule has 1 aliphatic rings. The average molecular weight is 353 g/mol. The van der Waals surface area contributed by atoms with Gasteiger partial charge in [-0.25, -0.2) is 0 Å². The van der Waals surface area contributed by atoms with Gasteiger partial charge in [0.15, 0.2) is 0 Å². The lowest BCUT2D eigenvalue weighted by molar-refractivity contribution is -0.0434. The number of aliphatic hydroxyl groups excluding tert-OH is 2. The molecule has 7 nitrogen and oxygen atoms in total. The van der Waals surface area contributed by atoms with Gasteiger partial charge in [0.25, 0.3) is 5.91 Å². The second kappa shape index (κ2) is 9.89. The van der Waals surface area contributed by atoms with Crippen LogP contribution in [0.4, 0.5) is 0 Å². The van der Waals surface area contributed by atoms with Crippen LogP contribution < -0.4 is 0 Å². The molecule has 1 saturated heterocycles. The van der Waals surface area contributed by atoms with Crippen LogP contribution in [0.2, 0.25) is 0 Å². The summed E-state index contributed by atoms with van der Waals surface area (Å²) in [6, 6.07) is 0. The SMILES string of the molecule is Cc1c(C(=O)N2CCCCCCCOC[C@@H](O)[C@@H](O)CC2)cnn1C. The number of hydrogen-bond acceptors (Lipinski definition) is 5. The number of carbonyl (C=O) groups excluding carboxylic acids is 1. The van der Waals surface area contributed by atoms with Crippen molar-refractivity contribution in [2.24, 2.45) is 7.05 Å². The lowest BCUT2D eigenvalue weighted by atomic mass is 10.1. The Morgan fingerprint density at radius 1 is 1.16 bits per heavy atom. The minimum atomic E-state index is -0.917. The van der Waals surface area contributed by atoms with Gasteiger partial charge in [-0.15, -0.1) is 0 Å². The average Bonchev–Trinajstić information content (AvgIpc) is 2.93. The zero-order valence-electron chi connectivity index (χ0n) is 15.4. The van der Waals surface area contributed by atoms with E-state index in [1.807, 2.05) is 14.0 Å². The third kappa shape index (κ3) is 5.80. The molecular weight excluding hydrogens is 322 g/mol. The molecule has 0 aliphatic carbocycles. The van der Waals surface area contributed by atoms with Crippen molar-refractivity contribution in [2.75, 3.05) is 26.3 Å². The summed E-state index contributed by atoms with van der Waals surface area (Å²) in [6.45, 7) is 3.70. The lowest BCUT2D eigenvalue weighted by Crippen LogP contribution is -2.38. The first-order valence-electron chi connectivity index (χ1n) is 9.22. The molecule has 1 aromatic rings. The number of aryl methyl sites for hydroxylation is 1. The Kier molecular flexibility index (Phi) is 7.87. The molecule has 0 unspecified atom stereocenters. The standard InChI is InChI=1S/C18H31N3O4/c1-14-15(12-19-20(14)2)18(24)21-9-6-4-3-5-7-11-25-13-17(23)16(22)8-10-21/h12,16-17,22-23H,3-11,13H2,1-2H3/t16-,17+/m0/s1. The van der Waals surface area contributed by atoms with Crippen molar-refractivity contribution in [3.8, 4) is 0 Å². The Labute approximate surface area is 149 Å². The van der Waals surface area contributed by atoms with Gasteiger partial charge in [0.2, 0.25) is 0 Å². The first kappa shape index (κ1) is 19.9. The Morgan fingerprint density at radius 3 is 2.60 bits per heavy atom. The molecular formula is C18H31N3O4. The fraction of sp³-hybridized carbons (Fsp3) is 0.778. The smallest absolute Gasteiger partial charge is 0.257 e. The topological polar surface area (TPSA) is 87.8 Å². The van der Waals surface area contributed by atoms with E-state index in [9.17, 15) is 15.0 Å². The molecule has 1 amide bonds. The van der Waals surface area contributed by atoms with Gasteiger partial charge in [-0.2, -0.15) is 5.10 Å². The monoisotopic (exact) mass is 353 g/mol. The predicted octanol–water partition coefficient (Wildman–Crippen LogP) is 1.26. The van der Waals surface area contributed by atoms with E-state index < -0.39 is 12.2 Å². The zero-order chi connectivity index (χ0) is 18.2. The molecule has 1 fully saturated rings. The maximum Gasteiger partial charge on any atom is 0.257 e. The van der Waals surface area contributed by atoms with Gasteiger partial charge in [0.05, 0.1) is 24.5 Å². The summed E-state index contributed by atoms with van der Waals surface area (Å²) >= 11 is 0. The number of amides is 1. The van der Waals surface area contributed by atoms with Crippen LogP contribution in [0.1, 0.15) is 54.6 Å². The molecule has 0 saturated carbocycles. The van der Waals surface area contributed by atoms with Gasteiger partial charge in [0, 0.05) is 32.4 Å². The van der Waals surface area contributed by atoms with Gasteiger partial charge in [0.1, 0.15) is 6.10 Å². The van der Waals surface area contributed by atoms with Crippen molar-refractivity contribution in [1.29, 1.82) is 0 Å². The summed E-state index contributed by atoms with van der Waals surface area (Å²) in [5, 5.41) is 24.3. The highest BCUT2D eigenvalue weighted by Crippen LogP contribution is 2.14. The highest BCUT2D eigenvalue weighted by molar-refractivity contribution is 5.95. The van der Waals surface area contributed by atoms with Crippen LogP contribution in [0.5, 0.6) is 0 Å². The molecule has 2 N–H and O–H groups in total. The second-order valence-electron chi connectivity index (χ2n) is 6.83. The number of carbonyl (C=O) groups is 1. The van der Waals surface area contributed by atoms with Crippen molar-refractivity contribution in [3.05, 3.63) is 17.5 Å². The zero-order valence-corrected chi connectivity index (χ0v) is 15.4. The number of aromatic nitrogens is 2. The fourth-order valence-electron chi connectivity index (χ4n) is 3.03. The lowest BCUT2D eigenvalue weighted by Gasteiger charge is -2.26. The summed E-state index contributed by atoms with van der Waals surface area (Å²) in [5.74, 6) is -0.0596. The normalized spacial score (nSPS) is 24.7. The summed E-state index contributed by atoms with van der Waals surface area (Å²) in [6.07, 6.45) is 5.27. The van der Waals surface area contributed by atoms with Crippen molar-refractivity contribution in [3.63, 3.8) is 0 Å². The van der Waals surface area contributed by atoms with Crippen LogP contribution in [0.25, 0.3) is 0 Å². The van der Waals surface area contributed by atoms with Crippen LogP contribution in [0.3, 0.4) is 0 Å². The molecule has 0 spiro atoms. The molecule has 0 radical (unpaired) electrons. The molecule has 2 rings (SSSR count). The molecule has 0 bridgehead atoms. The second-order valence-corrected chi connectivity index (χ2v) is 6.83. The van der Waals surface area contributed by atoms with Crippen molar-refractivity contribution >= 4 is 5.91 Å². The highest BCUT2D eigenvalue weighted by Gasteiger charge is 2.23. The van der Waals surface area contributed by atoms with Gasteiger partial charge in [-0.1, -0.05) is 19.3 Å². The van der Waals surface area contributed by atoms with Gasteiger partial charge in [-0.05, 0) is 26.2 Å². The van der Waals surface area contributed by atoms with Crippen molar-refractivity contribution in [2.45, 2.75) is 57.7 Å². The molecule has 1 aromatic heterocycles. The number of rotatable bonds is 1. The number of aliphatic hydroxyl groups is 2. The molecule has 0 aromatic carbocycles. The minimum absolute atomic E-state index is 0.0596. The Bertz CT molecular complexity index is 546. The maximum atomic E-state index is 12.9. The van der Waals surface area contributed by atoms with E-state index in [0.717, 1.165) is 37.8 Å². The number of ether oxygens (including phenoxy) is 1. The van der Waals surface area contributed by atoms with Gasteiger partial charge in [-0.3, -0.25) is 9.48 Å². The first-order valence-corrected chi connectivity index (χ1v) is 9.22. The number of nitrogens with zero attached hydrogens (tertiary/aromatic N) is 3. The van der Waals surface area contributed by atoms with Gasteiger partial charge < -0.3 is 19.8 Å². The van der Waals surface area contributed by atoms with Crippen LogP contribution >= 0.6 is 0 Å². The molecule has 2 heterocycles. The Morgan fingerprint density at radius 2 is 1.88 bits per heavy atom. The first-order chi connectivity index (χ1) is 12.0. The predicted molar refractivity (Wildman–Crippen MR) is 94.4 cm³/mol. The highest BCUT2D eigenvalue weighted by atomic mass is 16.5. The molecule has 1 aliphatic heterocycles. The van der Waals surface area contributed by atoms with E-state index in [4.69, 9.17) is 4.74 Å². The van der Waals surface area contributed by atoms with Crippen LogP contribution in [0.15, 0.2) is 6.20 Å². The maximum absolute atomic E-state index is 12.9. The van der Waals surface area contributed by atoms with E-state index in [0.29, 0.717) is 31.7 Å². The van der Waals surface area contributed by atoms with Crippen LogP contribution in [-0.2, 0) is 11.8 Å². The third-order valence-corrected chi connectivity index (χ3v) is 4.90. The number of hydrogen-bond donors (Lipinski definition) is 2. The summed E-state index contributed by atoms with van der Waals surface area (Å²) < 4.78 is 7.11. The molecule has 2 atom stereocenters. The molecule has 25 heavy (non-hydrogen) atoms. The quantitative estimate of drug-likeness (QED) is 0.794. The summed E-state index contributed by atoms with van der Waals surface area (Å²) in [7, 11) is 1.81. The van der Waals surface area contributed by atoms with Crippen LogP contribution in [-0.4, -0.2) is 69.3 Å². The van der Waals surface area contributed by atoms with Crippen molar-refractivity contribution in [1.82, 2.24) is 14.7 Å². The third-order valence-electron chi connectivity index (χ3n) is 4.90. The summed E-state index contributed by atoms with van der Waals surface area (Å²) in [5.41, 5.74) is 1.43. The minimum Gasteiger partial charge on any atom is -0.390 e. The van der Waals surface area contributed by atoms with E-state index in [1.165, 1.54) is 0 Å². The fourth-order valence-corrected chi connectivity index (χ4v) is 3.03. The van der Waals surface area contributed by atoms with E-state index >= 15 is 0 Å². The summed E-state index contributed by atoms with van der Waals surface area (Å²) in [4.78, 5) is 14.6. The van der Waals surface area contributed by atoms with E-state index in [1.54, 1.807) is 15.8 Å². The van der Waals surface area contributed by atoms with Crippen molar-refractivity contribution < 1.29 is 19.7 Å². The Balaban J connectivity index is 2.04. The Hall–Kier alpha value is -1.44. The molecule has 142 valence electrons.